The lowest BCUT2D eigenvalue weighted by atomic mass is 10.2. The molecule has 2 aromatic rings. The van der Waals surface area contributed by atoms with E-state index < -0.39 is 10.0 Å². The molecule has 0 N–H and O–H groups in total. The van der Waals surface area contributed by atoms with Gasteiger partial charge in [-0.25, -0.2) is 8.42 Å². The van der Waals surface area contributed by atoms with E-state index in [2.05, 4.69) is 0 Å². The van der Waals surface area contributed by atoms with E-state index in [1.54, 1.807) is 30.3 Å². The van der Waals surface area contributed by atoms with E-state index in [0.29, 0.717) is 21.4 Å². The number of sulfonamides is 1. The molecule has 0 aliphatic rings. The van der Waals surface area contributed by atoms with Crippen molar-refractivity contribution < 1.29 is 17.9 Å². The van der Waals surface area contributed by atoms with E-state index in [1.807, 2.05) is 0 Å². The maximum absolute atomic E-state index is 12.9. The first-order valence-electron chi connectivity index (χ1n) is 6.92. The Morgan fingerprint density at radius 1 is 1.08 bits per heavy atom. The van der Waals surface area contributed by atoms with Crippen LogP contribution < -0.4 is 9.47 Å². The summed E-state index contributed by atoms with van der Waals surface area (Å²) in [6, 6.07) is 9.69. The third kappa shape index (κ3) is 3.78. The number of ether oxygens (including phenoxy) is 2. The summed E-state index contributed by atoms with van der Waals surface area (Å²) in [5.74, 6) is 0.656. The summed E-state index contributed by atoms with van der Waals surface area (Å²) >= 11 is 12.1. The van der Waals surface area contributed by atoms with Crippen molar-refractivity contribution in [1.82, 2.24) is 4.31 Å². The summed E-state index contributed by atoms with van der Waals surface area (Å²) in [5, 5.41) is 0.706. The van der Waals surface area contributed by atoms with Gasteiger partial charge in [-0.1, -0.05) is 35.3 Å². The van der Waals surface area contributed by atoms with Crippen molar-refractivity contribution in [3.8, 4) is 11.5 Å². The molecule has 0 spiro atoms. The maximum atomic E-state index is 12.9. The topological polar surface area (TPSA) is 55.8 Å². The Hall–Kier alpha value is -1.47. The van der Waals surface area contributed by atoms with Gasteiger partial charge in [-0.3, -0.25) is 0 Å². The highest BCUT2D eigenvalue weighted by Gasteiger charge is 2.26. The lowest BCUT2D eigenvalue weighted by Gasteiger charge is -2.20. The van der Waals surface area contributed by atoms with E-state index in [4.69, 9.17) is 32.7 Å². The molecule has 0 fully saturated rings. The highest BCUT2D eigenvalue weighted by atomic mass is 35.5. The molecule has 0 saturated heterocycles. The van der Waals surface area contributed by atoms with Gasteiger partial charge in [0, 0.05) is 19.7 Å². The lowest BCUT2D eigenvalue weighted by Crippen LogP contribution is -2.27. The van der Waals surface area contributed by atoms with Crippen molar-refractivity contribution in [3.63, 3.8) is 0 Å². The van der Waals surface area contributed by atoms with Crippen molar-refractivity contribution in [2.45, 2.75) is 11.4 Å². The SMILES string of the molecule is COc1ccc(OC)c(S(=O)(=O)N(C)Cc2cccc(Cl)c2Cl)c1. The minimum absolute atomic E-state index is 0.0185. The van der Waals surface area contributed by atoms with Gasteiger partial charge in [0.25, 0.3) is 0 Å². The fraction of sp³-hybridized carbons (Fsp3) is 0.250. The number of halogens is 2. The maximum Gasteiger partial charge on any atom is 0.246 e. The van der Waals surface area contributed by atoms with Gasteiger partial charge in [0.1, 0.15) is 16.4 Å². The minimum Gasteiger partial charge on any atom is -0.497 e. The summed E-state index contributed by atoms with van der Waals surface area (Å²) in [5.41, 5.74) is 0.608. The quantitative estimate of drug-likeness (QED) is 0.752. The van der Waals surface area contributed by atoms with E-state index in [-0.39, 0.29) is 17.2 Å². The minimum atomic E-state index is -3.82. The Balaban J connectivity index is 2.41. The van der Waals surface area contributed by atoms with Gasteiger partial charge in [0.15, 0.2) is 0 Å². The molecule has 0 aliphatic carbocycles. The summed E-state index contributed by atoms with van der Waals surface area (Å²) in [4.78, 5) is 0.0185. The molecule has 0 unspecified atom stereocenters. The van der Waals surface area contributed by atoms with Crippen LogP contribution in [-0.4, -0.2) is 34.0 Å². The summed E-state index contributed by atoms with van der Waals surface area (Å²) in [6.45, 7) is 0.0715. The lowest BCUT2D eigenvalue weighted by molar-refractivity contribution is 0.388. The molecule has 0 atom stereocenters. The number of hydrogen-bond acceptors (Lipinski definition) is 4. The Morgan fingerprint density at radius 3 is 2.42 bits per heavy atom. The zero-order chi connectivity index (χ0) is 17.9. The van der Waals surface area contributed by atoms with Crippen LogP contribution in [0, 0.1) is 0 Å². The number of nitrogens with zero attached hydrogens (tertiary/aromatic N) is 1. The molecule has 0 amide bonds. The average Bonchev–Trinajstić information content (AvgIpc) is 2.58. The monoisotopic (exact) mass is 389 g/mol. The normalized spacial score (nSPS) is 11.6. The molecule has 5 nitrogen and oxygen atoms in total. The van der Waals surface area contributed by atoms with Crippen molar-refractivity contribution >= 4 is 33.2 Å². The standard InChI is InChI=1S/C16H17Cl2NO4S/c1-19(10-11-5-4-6-13(17)16(11)18)24(20,21)15-9-12(22-2)7-8-14(15)23-3/h4-9H,10H2,1-3H3. The van der Waals surface area contributed by atoms with Crippen LogP contribution >= 0.6 is 23.2 Å². The van der Waals surface area contributed by atoms with E-state index in [1.165, 1.54) is 31.6 Å². The van der Waals surface area contributed by atoms with Gasteiger partial charge in [-0.2, -0.15) is 4.31 Å². The second-order valence-electron chi connectivity index (χ2n) is 4.99. The van der Waals surface area contributed by atoms with E-state index in [0.717, 1.165) is 0 Å². The van der Waals surface area contributed by atoms with Gasteiger partial charge in [0.05, 0.1) is 24.3 Å². The molecule has 0 aliphatic heterocycles. The van der Waals surface area contributed by atoms with E-state index >= 15 is 0 Å². The Morgan fingerprint density at radius 2 is 1.79 bits per heavy atom. The van der Waals surface area contributed by atoms with Crippen LogP contribution in [0.15, 0.2) is 41.3 Å². The summed E-state index contributed by atoms with van der Waals surface area (Å²) < 4.78 is 37.2. The summed E-state index contributed by atoms with van der Waals surface area (Å²) in [6.07, 6.45) is 0. The average molecular weight is 390 g/mol. The van der Waals surface area contributed by atoms with E-state index in [9.17, 15) is 8.42 Å². The molecule has 0 radical (unpaired) electrons. The van der Waals surface area contributed by atoms with Crippen molar-refractivity contribution in [2.75, 3.05) is 21.3 Å². The van der Waals surface area contributed by atoms with Crippen LogP contribution in [-0.2, 0) is 16.6 Å². The fourth-order valence-corrected chi connectivity index (χ4v) is 3.84. The van der Waals surface area contributed by atoms with Gasteiger partial charge in [-0.15, -0.1) is 0 Å². The predicted molar refractivity (Wildman–Crippen MR) is 94.7 cm³/mol. The fourth-order valence-electron chi connectivity index (χ4n) is 2.15. The third-order valence-electron chi connectivity index (χ3n) is 3.48. The zero-order valence-electron chi connectivity index (χ0n) is 13.4. The van der Waals surface area contributed by atoms with Gasteiger partial charge in [0.2, 0.25) is 10.0 Å². The zero-order valence-corrected chi connectivity index (χ0v) is 15.7. The number of methoxy groups -OCH3 is 2. The molecule has 24 heavy (non-hydrogen) atoms. The van der Waals surface area contributed by atoms with Gasteiger partial charge < -0.3 is 9.47 Å². The first-order chi connectivity index (χ1) is 11.3. The van der Waals surface area contributed by atoms with Crippen LogP contribution in [0.5, 0.6) is 11.5 Å². The van der Waals surface area contributed by atoms with Crippen molar-refractivity contribution in [1.29, 1.82) is 0 Å². The molecule has 2 rings (SSSR count). The number of benzene rings is 2. The molecule has 2 aromatic carbocycles. The Labute approximate surface area is 151 Å². The Kier molecular flexibility index (Phi) is 5.98. The highest BCUT2D eigenvalue weighted by molar-refractivity contribution is 7.89. The van der Waals surface area contributed by atoms with Crippen LogP contribution in [0.3, 0.4) is 0 Å². The second kappa shape index (κ2) is 7.61. The van der Waals surface area contributed by atoms with Gasteiger partial charge >= 0.3 is 0 Å². The third-order valence-corrected chi connectivity index (χ3v) is 6.17. The smallest absolute Gasteiger partial charge is 0.246 e. The van der Waals surface area contributed by atoms with Crippen molar-refractivity contribution in [2.24, 2.45) is 0 Å². The largest absolute Gasteiger partial charge is 0.497 e. The number of hydrogen-bond donors (Lipinski definition) is 0. The molecule has 130 valence electrons. The molecule has 0 aromatic heterocycles. The second-order valence-corrected chi connectivity index (χ2v) is 7.79. The van der Waals surface area contributed by atoms with Gasteiger partial charge in [-0.05, 0) is 23.8 Å². The molecule has 0 bridgehead atoms. The molecule has 0 saturated carbocycles. The molecule has 0 heterocycles. The summed E-state index contributed by atoms with van der Waals surface area (Å²) in [7, 11) is 0.526. The van der Waals surface area contributed by atoms with Crippen LogP contribution in [0.1, 0.15) is 5.56 Å². The van der Waals surface area contributed by atoms with Crippen LogP contribution in [0.2, 0.25) is 10.0 Å². The number of rotatable bonds is 6. The van der Waals surface area contributed by atoms with Crippen LogP contribution in [0.25, 0.3) is 0 Å². The highest BCUT2D eigenvalue weighted by Crippen LogP contribution is 2.32. The Bertz CT molecular complexity index is 840. The first kappa shape index (κ1) is 18.9. The van der Waals surface area contributed by atoms with Crippen molar-refractivity contribution in [3.05, 3.63) is 52.0 Å². The van der Waals surface area contributed by atoms with Crippen LogP contribution in [0.4, 0.5) is 0 Å². The molecular weight excluding hydrogens is 373 g/mol. The first-order valence-corrected chi connectivity index (χ1v) is 9.12. The molecular formula is C16H17Cl2NO4S. The molecule has 8 heteroatoms. The predicted octanol–water partition coefficient (Wildman–Crippen LogP) is 3.83.